The standard InChI is InChI=1S/C14H14FNO3/c1-2-5-19-14(17)10-7-9(8-11(15)13(10)16)12-4-3-6-18-12/h3-4,6-8H,2,5,16H2,1H3. The molecule has 0 fully saturated rings. The molecule has 100 valence electrons. The first kappa shape index (κ1) is 13.1. The molecule has 4 nitrogen and oxygen atoms in total. The van der Waals surface area contributed by atoms with Gasteiger partial charge in [-0.1, -0.05) is 6.92 Å². The molecule has 0 aliphatic carbocycles. The quantitative estimate of drug-likeness (QED) is 0.679. The van der Waals surface area contributed by atoms with Crippen molar-refractivity contribution < 1.29 is 18.3 Å². The number of anilines is 1. The lowest BCUT2D eigenvalue weighted by molar-refractivity contribution is 0.0506. The summed E-state index contributed by atoms with van der Waals surface area (Å²) in [6.45, 7) is 2.14. The van der Waals surface area contributed by atoms with E-state index >= 15 is 0 Å². The molecule has 2 N–H and O–H groups in total. The Morgan fingerprint density at radius 1 is 1.47 bits per heavy atom. The summed E-state index contributed by atoms with van der Waals surface area (Å²) < 4.78 is 23.9. The van der Waals surface area contributed by atoms with Crippen molar-refractivity contribution in [3.8, 4) is 11.3 Å². The number of ether oxygens (including phenoxy) is 1. The third kappa shape index (κ3) is 2.76. The van der Waals surface area contributed by atoms with Crippen LogP contribution in [0.2, 0.25) is 0 Å². The number of hydrogen-bond acceptors (Lipinski definition) is 4. The normalized spacial score (nSPS) is 10.4. The molecule has 2 aromatic rings. The molecule has 1 aromatic heterocycles. The van der Waals surface area contributed by atoms with Crippen molar-refractivity contribution in [2.75, 3.05) is 12.3 Å². The van der Waals surface area contributed by atoms with Crippen LogP contribution in [0.15, 0.2) is 34.9 Å². The van der Waals surface area contributed by atoms with Crippen LogP contribution in [0, 0.1) is 5.82 Å². The first-order valence-electron chi connectivity index (χ1n) is 5.93. The number of furan rings is 1. The fraction of sp³-hybridized carbons (Fsp3) is 0.214. The maximum Gasteiger partial charge on any atom is 0.340 e. The Bertz CT molecular complexity index is 579. The Balaban J connectivity index is 2.40. The van der Waals surface area contributed by atoms with Gasteiger partial charge in [-0.05, 0) is 30.7 Å². The second-order valence-electron chi connectivity index (χ2n) is 4.03. The predicted octanol–water partition coefficient (Wildman–Crippen LogP) is 3.23. The number of carbonyl (C=O) groups is 1. The van der Waals surface area contributed by atoms with Crippen molar-refractivity contribution in [3.63, 3.8) is 0 Å². The van der Waals surface area contributed by atoms with Gasteiger partial charge in [-0.25, -0.2) is 9.18 Å². The zero-order valence-electron chi connectivity index (χ0n) is 10.5. The highest BCUT2D eigenvalue weighted by molar-refractivity contribution is 5.96. The van der Waals surface area contributed by atoms with Crippen molar-refractivity contribution in [3.05, 3.63) is 41.9 Å². The molecule has 1 heterocycles. The van der Waals surface area contributed by atoms with Gasteiger partial charge in [-0.15, -0.1) is 0 Å². The van der Waals surface area contributed by atoms with Gasteiger partial charge in [0.25, 0.3) is 0 Å². The van der Waals surface area contributed by atoms with E-state index in [2.05, 4.69) is 0 Å². The lowest BCUT2D eigenvalue weighted by Crippen LogP contribution is -2.10. The van der Waals surface area contributed by atoms with Crippen molar-refractivity contribution in [1.29, 1.82) is 0 Å². The summed E-state index contributed by atoms with van der Waals surface area (Å²) in [4.78, 5) is 11.8. The maximum absolute atomic E-state index is 13.7. The highest BCUT2D eigenvalue weighted by Gasteiger charge is 2.17. The Kier molecular flexibility index (Phi) is 3.85. The molecule has 0 aliphatic rings. The zero-order chi connectivity index (χ0) is 13.8. The zero-order valence-corrected chi connectivity index (χ0v) is 10.5. The first-order valence-corrected chi connectivity index (χ1v) is 5.93. The summed E-state index contributed by atoms with van der Waals surface area (Å²) in [6.07, 6.45) is 2.16. The number of benzene rings is 1. The predicted molar refractivity (Wildman–Crippen MR) is 69.1 cm³/mol. The van der Waals surface area contributed by atoms with Crippen molar-refractivity contribution in [2.24, 2.45) is 0 Å². The Labute approximate surface area is 110 Å². The van der Waals surface area contributed by atoms with Crippen molar-refractivity contribution in [2.45, 2.75) is 13.3 Å². The first-order chi connectivity index (χ1) is 9.13. The topological polar surface area (TPSA) is 65.5 Å². The maximum atomic E-state index is 13.7. The van der Waals surface area contributed by atoms with Gasteiger partial charge in [-0.2, -0.15) is 0 Å². The molecule has 0 atom stereocenters. The number of hydrogen-bond donors (Lipinski definition) is 1. The van der Waals surface area contributed by atoms with Crippen LogP contribution in [0.5, 0.6) is 0 Å². The molecule has 0 saturated carbocycles. The van der Waals surface area contributed by atoms with Crippen molar-refractivity contribution >= 4 is 11.7 Å². The molecule has 0 spiro atoms. The van der Waals surface area contributed by atoms with Crippen LogP contribution < -0.4 is 5.73 Å². The number of carbonyl (C=O) groups excluding carboxylic acids is 1. The van der Waals surface area contributed by atoms with Crippen LogP contribution in [0.25, 0.3) is 11.3 Å². The van der Waals surface area contributed by atoms with Crippen LogP contribution in [-0.2, 0) is 4.74 Å². The second kappa shape index (κ2) is 5.56. The molecule has 5 heteroatoms. The molecule has 0 saturated heterocycles. The summed E-state index contributed by atoms with van der Waals surface area (Å²) in [5, 5.41) is 0. The summed E-state index contributed by atoms with van der Waals surface area (Å²) in [7, 11) is 0. The summed E-state index contributed by atoms with van der Waals surface area (Å²) in [6, 6.07) is 6.05. The fourth-order valence-corrected chi connectivity index (χ4v) is 1.64. The third-order valence-corrected chi connectivity index (χ3v) is 2.59. The van der Waals surface area contributed by atoms with E-state index in [1.165, 1.54) is 18.4 Å². The van der Waals surface area contributed by atoms with E-state index in [0.717, 1.165) is 0 Å². The number of halogens is 1. The minimum Gasteiger partial charge on any atom is -0.464 e. The SMILES string of the molecule is CCCOC(=O)c1cc(-c2ccco2)cc(F)c1N. The molecule has 0 radical (unpaired) electrons. The average molecular weight is 263 g/mol. The van der Waals surface area contributed by atoms with Crippen molar-refractivity contribution in [1.82, 2.24) is 0 Å². The Hall–Kier alpha value is -2.30. The molecular weight excluding hydrogens is 249 g/mol. The lowest BCUT2D eigenvalue weighted by Gasteiger charge is -2.08. The molecule has 0 aliphatic heterocycles. The molecular formula is C14H14FNO3. The van der Waals surface area contributed by atoms with E-state index in [9.17, 15) is 9.18 Å². The van der Waals surface area contributed by atoms with E-state index in [1.54, 1.807) is 12.1 Å². The van der Waals surface area contributed by atoms with Gasteiger partial charge >= 0.3 is 5.97 Å². The molecule has 0 bridgehead atoms. The second-order valence-corrected chi connectivity index (χ2v) is 4.03. The van der Waals surface area contributed by atoms with Crippen LogP contribution in [0.3, 0.4) is 0 Å². The van der Waals surface area contributed by atoms with Crippen LogP contribution in [0.1, 0.15) is 23.7 Å². The van der Waals surface area contributed by atoms with E-state index < -0.39 is 11.8 Å². The van der Waals surface area contributed by atoms with Gasteiger partial charge < -0.3 is 14.9 Å². The smallest absolute Gasteiger partial charge is 0.340 e. The van der Waals surface area contributed by atoms with Gasteiger partial charge in [0.15, 0.2) is 0 Å². The average Bonchev–Trinajstić information content (AvgIpc) is 2.93. The molecule has 1 aromatic carbocycles. The van der Waals surface area contributed by atoms with Gasteiger partial charge in [0.2, 0.25) is 0 Å². The van der Waals surface area contributed by atoms with E-state index in [1.807, 2.05) is 6.92 Å². The molecule has 19 heavy (non-hydrogen) atoms. The molecule has 2 rings (SSSR count). The lowest BCUT2D eigenvalue weighted by atomic mass is 10.1. The highest BCUT2D eigenvalue weighted by atomic mass is 19.1. The van der Waals surface area contributed by atoms with Gasteiger partial charge in [-0.3, -0.25) is 0 Å². The highest BCUT2D eigenvalue weighted by Crippen LogP contribution is 2.27. The number of nitrogen functional groups attached to an aromatic ring is 1. The third-order valence-electron chi connectivity index (χ3n) is 2.59. The summed E-state index contributed by atoms with van der Waals surface area (Å²) >= 11 is 0. The molecule has 0 amide bonds. The molecule has 0 unspecified atom stereocenters. The minimum atomic E-state index is -0.669. The summed E-state index contributed by atoms with van der Waals surface area (Å²) in [5.74, 6) is -0.840. The van der Waals surface area contributed by atoms with Crippen LogP contribution >= 0.6 is 0 Å². The minimum absolute atomic E-state index is 0.0137. The van der Waals surface area contributed by atoms with Gasteiger partial charge in [0.1, 0.15) is 11.6 Å². The fourth-order valence-electron chi connectivity index (χ4n) is 1.64. The van der Waals surface area contributed by atoms with Gasteiger partial charge in [0.05, 0.1) is 24.1 Å². The monoisotopic (exact) mass is 263 g/mol. The van der Waals surface area contributed by atoms with E-state index in [4.69, 9.17) is 14.9 Å². The van der Waals surface area contributed by atoms with Gasteiger partial charge in [0, 0.05) is 5.56 Å². The largest absolute Gasteiger partial charge is 0.464 e. The number of esters is 1. The Morgan fingerprint density at radius 2 is 2.26 bits per heavy atom. The summed E-state index contributed by atoms with van der Waals surface area (Å²) in [5.41, 5.74) is 5.82. The van der Waals surface area contributed by atoms with Crippen LogP contribution in [-0.4, -0.2) is 12.6 Å². The number of nitrogens with two attached hydrogens (primary N) is 1. The van der Waals surface area contributed by atoms with E-state index in [0.29, 0.717) is 17.7 Å². The Morgan fingerprint density at radius 3 is 2.89 bits per heavy atom. The van der Waals surface area contributed by atoms with E-state index in [-0.39, 0.29) is 17.9 Å². The van der Waals surface area contributed by atoms with Crippen LogP contribution in [0.4, 0.5) is 10.1 Å². The number of rotatable bonds is 4.